The van der Waals surface area contributed by atoms with Gasteiger partial charge in [-0.1, -0.05) is 11.8 Å². The normalized spacial score (nSPS) is 10.7. The summed E-state index contributed by atoms with van der Waals surface area (Å²) >= 11 is 0. The quantitative estimate of drug-likeness (QED) is 0.748. The molecule has 0 aliphatic carbocycles. The highest BCUT2D eigenvalue weighted by atomic mass is 32.2. The van der Waals surface area contributed by atoms with E-state index in [2.05, 4.69) is 31.5 Å². The molecule has 8 heteroatoms. The number of nitrogens with two attached hydrogens (primary N) is 1. The molecule has 2 aromatic heterocycles. The lowest BCUT2D eigenvalue weighted by Gasteiger charge is -2.06. The number of aromatic nitrogens is 3. The largest absolute Gasteiger partial charge is 0.320 e. The van der Waals surface area contributed by atoms with Gasteiger partial charge in [0.2, 0.25) is 10.0 Å². The Balaban J connectivity index is 2.16. The first-order valence-corrected chi connectivity index (χ1v) is 7.48. The molecule has 0 unspecified atom stereocenters. The van der Waals surface area contributed by atoms with Crippen molar-refractivity contribution in [2.24, 2.45) is 5.73 Å². The van der Waals surface area contributed by atoms with Crippen molar-refractivity contribution in [2.45, 2.75) is 11.4 Å². The van der Waals surface area contributed by atoms with Crippen LogP contribution in [0.5, 0.6) is 0 Å². The number of nitrogens with one attached hydrogen (secondary N) is 1. The summed E-state index contributed by atoms with van der Waals surface area (Å²) in [6.07, 6.45) is 5.64. The van der Waals surface area contributed by atoms with Crippen molar-refractivity contribution in [1.82, 2.24) is 19.7 Å². The zero-order valence-electron chi connectivity index (χ0n) is 11.0. The van der Waals surface area contributed by atoms with Gasteiger partial charge in [0.15, 0.2) is 0 Å². The monoisotopic (exact) mass is 303 g/mol. The van der Waals surface area contributed by atoms with Gasteiger partial charge in [-0.2, -0.15) is 0 Å². The summed E-state index contributed by atoms with van der Waals surface area (Å²) in [6.45, 7) is 0.270. The van der Waals surface area contributed by atoms with Gasteiger partial charge >= 0.3 is 0 Å². The van der Waals surface area contributed by atoms with Crippen molar-refractivity contribution in [3.8, 4) is 11.8 Å². The first kappa shape index (κ1) is 15.1. The summed E-state index contributed by atoms with van der Waals surface area (Å²) in [5.41, 5.74) is 6.34. The first-order chi connectivity index (χ1) is 10.1. The van der Waals surface area contributed by atoms with Crippen LogP contribution >= 0.6 is 0 Å². The lowest BCUT2D eigenvalue weighted by atomic mass is 10.3. The van der Waals surface area contributed by atoms with Gasteiger partial charge in [0.05, 0.1) is 18.8 Å². The molecule has 2 rings (SSSR count). The van der Waals surface area contributed by atoms with Gasteiger partial charge in [-0.25, -0.2) is 23.1 Å². The Morgan fingerprint density at radius 1 is 1.29 bits per heavy atom. The Kier molecular flexibility index (Phi) is 4.94. The molecule has 0 fully saturated rings. The highest BCUT2D eigenvalue weighted by Crippen LogP contribution is 2.09. The van der Waals surface area contributed by atoms with Crippen LogP contribution in [0.2, 0.25) is 0 Å². The van der Waals surface area contributed by atoms with Crippen molar-refractivity contribution in [3.05, 3.63) is 48.3 Å². The Labute approximate surface area is 122 Å². The van der Waals surface area contributed by atoms with Crippen LogP contribution < -0.4 is 10.5 Å². The average molecular weight is 303 g/mol. The van der Waals surface area contributed by atoms with Crippen LogP contribution in [0.1, 0.15) is 11.3 Å². The van der Waals surface area contributed by atoms with E-state index < -0.39 is 10.0 Å². The molecule has 2 heterocycles. The van der Waals surface area contributed by atoms with E-state index in [4.69, 9.17) is 5.73 Å². The summed E-state index contributed by atoms with van der Waals surface area (Å²) in [6, 6.07) is 3.07. The molecule has 0 saturated carbocycles. The summed E-state index contributed by atoms with van der Waals surface area (Å²) in [5, 5.41) is 0. The minimum atomic E-state index is -3.68. The summed E-state index contributed by atoms with van der Waals surface area (Å²) in [5.74, 6) is 5.39. The predicted molar refractivity (Wildman–Crippen MR) is 76.2 cm³/mol. The van der Waals surface area contributed by atoms with Crippen LogP contribution in [0, 0.1) is 11.8 Å². The summed E-state index contributed by atoms with van der Waals surface area (Å²) < 4.78 is 26.8. The zero-order valence-corrected chi connectivity index (χ0v) is 11.8. The number of pyridine rings is 1. The Morgan fingerprint density at radius 3 is 2.86 bits per heavy atom. The zero-order chi connectivity index (χ0) is 15.1. The van der Waals surface area contributed by atoms with Gasteiger partial charge in [0.25, 0.3) is 0 Å². The van der Waals surface area contributed by atoms with Crippen molar-refractivity contribution in [1.29, 1.82) is 0 Å². The molecule has 7 nitrogen and oxygen atoms in total. The highest BCUT2D eigenvalue weighted by molar-refractivity contribution is 7.89. The maximum Gasteiger partial charge on any atom is 0.242 e. The van der Waals surface area contributed by atoms with Gasteiger partial charge in [0.1, 0.15) is 11.2 Å². The lowest BCUT2D eigenvalue weighted by Crippen LogP contribution is -2.24. The molecule has 108 valence electrons. The molecule has 0 atom stereocenters. The second kappa shape index (κ2) is 6.90. The van der Waals surface area contributed by atoms with E-state index in [0.29, 0.717) is 11.3 Å². The topological polar surface area (TPSA) is 111 Å². The van der Waals surface area contributed by atoms with Crippen molar-refractivity contribution < 1.29 is 8.42 Å². The van der Waals surface area contributed by atoms with Crippen LogP contribution in [0.25, 0.3) is 0 Å². The molecule has 21 heavy (non-hydrogen) atoms. The molecule has 0 radical (unpaired) electrons. The third-order valence-electron chi connectivity index (χ3n) is 2.44. The number of hydrogen-bond acceptors (Lipinski definition) is 6. The number of sulfonamides is 1. The van der Waals surface area contributed by atoms with Crippen molar-refractivity contribution in [2.75, 3.05) is 6.54 Å². The third kappa shape index (κ3) is 4.32. The molecule has 0 bridgehead atoms. The summed E-state index contributed by atoms with van der Waals surface area (Å²) in [4.78, 5) is 11.6. The molecule has 2 aromatic rings. The highest BCUT2D eigenvalue weighted by Gasteiger charge is 2.14. The Bertz CT molecular complexity index is 766. The minimum absolute atomic E-state index is 0.0420. The van der Waals surface area contributed by atoms with E-state index in [-0.39, 0.29) is 18.0 Å². The molecular formula is C13H13N5O2S. The van der Waals surface area contributed by atoms with E-state index in [0.717, 1.165) is 0 Å². The molecule has 0 aliphatic rings. The maximum atomic E-state index is 12.2. The predicted octanol–water partition coefficient (Wildman–Crippen LogP) is -0.340. The molecule has 3 N–H and O–H groups in total. The van der Waals surface area contributed by atoms with Gasteiger partial charge in [-0.3, -0.25) is 4.98 Å². The number of rotatable bonds is 4. The second-order valence-corrected chi connectivity index (χ2v) is 5.71. The van der Waals surface area contributed by atoms with E-state index in [9.17, 15) is 8.42 Å². The summed E-state index contributed by atoms with van der Waals surface area (Å²) in [7, 11) is -3.68. The average Bonchev–Trinajstić information content (AvgIpc) is 2.52. The van der Waals surface area contributed by atoms with Crippen LogP contribution in [0.15, 0.2) is 41.9 Å². The second-order valence-electron chi connectivity index (χ2n) is 3.94. The van der Waals surface area contributed by atoms with Gasteiger partial charge in [-0.15, -0.1) is 0 Å². The molecule has 0 aliphatic heterocycles. The number of nitrogens with zero attached hydrogens (tertiary/aromatic N) is 3. The Morgan fingerprint density at radius 2 is 2.14 bits per heavy atom. The van der Waals surface area contributed by atoms with Crippen LogP contribution in [-0.2, 0) is 16.6 Å². The van der Waals surface area contributed by atoms with Crippen molar-refractivity contribution >= 4 is 10.0 Å². The Hall–Kier alpha value is -2.34. The number of hydrogen-bond donors (Lipinski definition) is 2. The standard InChI is InChI=1S/C13H13N5O2S/c14-4-1-2-11-6-13(9-16-7-11)21(19,20)18-8-12-3-5-15-10-17-12/h3,5-7,9-10,18H,4,8,14H2. The minimum Gasteiger partial charge on any atom is -0.320 e. The SMILES string of the molecule is NCC#Cc1cncc(S(=O)(=O)NCc2ccncn2)c1. The molecular weight excluding hydrogens is 290 g/mol. The van der Waals surface area contributed by atoms with E-state index in [1.54, 1.807) is 12.3 Å². The molecule has 0 amide bonds. The smallest absolute Gasteiger partial charge is 0.242 e. The van der Waals surface area contributed by atoms with Crippen molar-refractivity contribution in [3.63, 3.8) is 0 Å². The fourth-order valence-corrected chi connectivity index (χ4v) is 2.45. The maximum absolute atomic E-state index is 12.2. The van der Waals surface area contributed by atoms with E-state index in [1.807, 2.05) is 0 Å². The van der Waals surface area contributed by atoms with Gasteiger partial charge < -0.3 is 5.73 Å². The van der Waals surface area contributed by atoms with Gasteiger partial charge in [-0.05, 0) is 12.1 Å². The lowest BCUT2D eigenvalue weighted by molar-refractivity contribution is 0.580. The molecule has 0 spiro atoms. The fourth-order valence-electron chi connectivity index (χ4n) is 1.46. The first-order valence-electron chi connectivity index (χ1n) is 6.00. The van der Waals surface area contributed by atoms with E-state index in [1.165, 1.54) is 24.8 Å². The van der Waals surface area contributed by atoms with Crippen LogP contribution in [-0.4, -0.2) is 29.9 Å². The van der Waals surface area contributed by atoms with Gasteiger partial charge in [0, 0.05) is 24.2 Å². The third-order valence-corrected chi connectivity index (χ3v) is 3.81. The van der Waals surface area contributed by atoms with Crippen LogP contribution in [0.4, 0.5) is 0 Å². The fraction of sp³-hybridized carbons (Fsp3) is 0.154. The molecule has 0 saturated heterocycles. The molecule has 0 aromatic carbocycles. The van der Waals surface area contributed by atoms with Crippen LogP contribution in [0.3, 0.4) is 0 Å². The van der Waals surface area contributed by atoms with E-state index >= 15 is 0 Å².